The predicted molar refractivity (Wildman–Crippen MR) is 60.6 cm³/mol. The zero-order valence-corrected chi connectivity index (χ0v) is 9.62. The molecular weight excluding hydrogens is 194 g/mol. The van der Waals surface area contributed by atoms with Crippen LogP contribution < -0.4 is 5.32 Å². The molecule has 0 radical (unpaired) electrons. The lowest BCUT2D eigenvalue weighted by molar-refractivity contribution is 0.461. The van der Waals surface area contributed by atoms with Crippen molar-refractivity contribution in [2.24, 2.45) is 0 Å². The maximum absolute atomic E-state index is 5.48. The number of hydrogen-bond acceptors (Lipinski definition) is 3. The van der Waals surface area contributed by atoms with E-state index in [4.69, 9.17) is 4.42 Å². The molecule has 1 aliphatic carbocycles. The van der Waals surface area contributed by atoms with Gasteiger partial charge in [-0.1, -0.05) is 0 Å². The summed E-state index contributed by atoms with van der Waals surface area (Å²) in [6.07, 6.45) is 4.92. The second kappa shape index (κ2) is 3.99. The van der Waals surface area contributed by atoms with E-state index in [0.29, 0.717) is 4.75 Å². The van der Waals surface area contributed by atoms with Crippen molar-refractivity contribution in [2.45, 2.75) is 31.1 Å². The van der Waals surface area contributed by atoms with Crippen LogP contribution in [-0.4, -0.2) is 17.5 Å². The average Bonchev–Trinajstić information content (AvgIpc) is 2.84. The van der Waals surface area contributed by atoms with Crippen molar-refractivity contribution in [1.82, 2.24) is 5.32 Å². The summed E-state index contributed by atoms with van der Waals surface area (Å²) in [5.74, 6) is 2.03. The van der Waals surface area contributed by atoms with Gasteiger partial charge in [-0.3, -0.25) is 0 Å². The Morgan fingerprint density at radius 1 is 1.50 bits per heavy atom. The zero-order chi connectivity index (χ0) is 10.0. The van der Waals surface area contributed by atoms with Gasteiger partial charge >= 0.3 is 0 Å². The minimum atomic E-state index is 0.543. The summed E-state index contributed by atoms with van der Waals surface area (Å²) < 4.78 is 6.03. The molecule has 0 saturated heterocycles. The lowest BCUT2D eigenvalue weighted by atomic mass is 10.4. The molecule has 1 fully saturated rings. The van der Waals surface area contributed by atoms with Crippen LogP contribution in [0.3, 0.4) is 0 Å². The van der Waals surface area contributed by atoms with Crippen molar-refractivity contribution < 1.29 is 4.42 Å². The smallest absolute Gasteiger partial charge is 0.117 e. The highest BCUT2D eigenvalue weighted by Crippen LogP contribution is 2.46. The van der Waals surface area contributed by atoms with Crippen molar-refractivity contribution in [1.29, 1.82) is 0 Å². The number of aryl methyl sites for hydroxylation is 1. The molecule has 0 amide bonds. The summed E-state index contributed by atoms with van der Waals surface area (Å²) in [6.45, 7) is 3.94. The van der Waals surface area contributed by atoms with Crippen LogP contribution in [0.25, 0.3) is 0 Å². The first-order chi connectivity index (χ1) is 6.74. The number of nitrogens with one attached hydrogen (secondary N) is 1. The summed E-state index contributed by atoms with van der Waals surface area (Å²) in [7, 11) is 0. The maximum Gasteiger partial charge on any atom is 0.117 e. The Balaban J connectivity index is 1.73. The highest BCUT2D eigenvalue weighted by Gasteiger charge is 2.41. The molecular formula is C11H17NOS. The van der Waals surface area contributed by atoms with Gasteiger partial charge in [-0.15, -0.1) is 0 Å². The van der Waals surface area contributed by atoms with Gasteiger partial charge in [0.15, 0.2) is 0 Å². The van der Waals surface area contributed by atoms with Crippen LogP contribution in [0.15, 0.2) is 16.5 Å². The van der Waals surface area contributed by atoms with E-state index >= 15 is 0 Å². The SMILES string of the molecule is CSC1(CNCc2ccc(C)o2)CC1. The molecule has 1 N–H and O–H groups in total. The third-order valence-electron chi connectivity index (χ3n) is 2.78. The van der Waals surface area contributed by atoms with Crippen LogP contribution in [0.1, 0.15) is 24.4 Å². The van der Waals surface area contributed by atoms with E-state index in [1.54, 1.807) is 0 Å². The summed E-state index contributed by atoms with van der Waals surface area (Å²) in [6, 6.07) is 4.06. The Hall–Kier alpha value is -0.410. The van der Waals surface area contributed by atoms with Crippen molar-refractivity contribution in [3.8, 4) is 0 Å². The molecule has 1 aromatic heterocycles. The molecule has 2 rings (SSSR count). The van der Waals surface area contributed by atoms with Gasteiger partial charge in [-0.05, 0) is 38.2 Å². The fraction of sp³-hybridized carbons (Fsp3) is 0.636. The molecule has 2 nitrogen and oxygen atoms in total. The number of hydrogen-bond donors (Lipinski definition) is 1. The molecule has 1 heterocycles. The topological polar surface area (TPSA) is 25.2 Å². The molecule has 3 heteroatoms. The second-order valence-electron chi connectivity index (χ2n) is 4.00. The van der Waals surface area contributed by atoms with Crippen molar-refractivity contribution >= 4 is 11.8 Å². The van der Waals surface area contributed by atoms with Gasteiger partial charge in [-0.25, -0.2) is 0 Å². The van der Waals surface area contributed by atoms with Crippen molar-refractivity contribution in [3.05, 3.63) is 23.7 Å². The van der Waals surface area contributed by atoms with Crippen LogP contribution >= 0.6 is 11.8 Å². The Morgan fingerprint density at radius 3 is 2.79 bits per heavy atom. The third-order valence-corrected chi connectivity index (χ3v) is 4.20. The van der Waals surface area contributed by atoms with E-state index in [1.165, 1.54) is 12.8 Å². The molecule has 0 spiro atoms. The molecule has 0 aromatic carbocycles. The van der Waals surface area contributed by atoms with Gasteiger partial charge in [0.05, 0.1) is 6.54 Å². The number of thioether (sulfide) groups is 1. The molecule has 0 bridgehead atoms. The largest absolute Gasteiger partial charge is 0.465 e. The fourth-order valence-electron chi connectivity index (χ4n) is 1.59. The summed E-state index contributed by atoms with van der Waals surface area (Å²) in [5, 5.41) is 3.45. The van der Waals surface area contributed by atoms with Crippen LogP contribution in [0.2, 0.25) is 0 Å². The van der Waals surface area contributed by atoms with Crippen LogP contribution in [-0.2, 0) is 6.54 Å². The third kappa shape index (κ3) is 2.34. The minimum Gasteiger partial charge on any atom is -0.465 e. The molecule has 0 unspecified atom stereocenters. The van der Waals surface area contributed by atoms with Gasteiger partial charge < -0.3 is 9.73 Å². The first-order valence-corrected chi connectivity index (χ1v) is 6.28. The van der Waals surface area contributed by atoms with E-state index in [1.807, 2.05) is 30.8 Å². The molecule has 0 aliphatic heterocycles. The first kappa shape index (κ1) is 10.1. The normalized spacial score (nSPS) is 18.4. The second-order valence-corrected chi connectivity index (χ2v) is 5.28. The highest BCUT2D eigenvalue weighted by molar-refractivity contribution is 8.00. The monoisotopic (exact) mass is 211 g/mol. The minimum absolute atomic E-state index is 0.543. The van der Waals surface area contributed by atoms with Crippen LogP contribution in [0.4, 0.5) is 0 Å². The Morgan fingerprint density at radius 2 is 2.29 bits per heavy atom. The lowest BCUT2D eigenvalue weighted by Crippen LogP contribution is -2.25. The zero-order valence-electron chi connectivity index (χ0n) is 8.80. The van der Waals surface area contributed by atoms with Crippen molar-refractivity contribution in [2.75, 3.05) is 12.8 Å². The number of rotatable bonds is 5. The summed E-state index contributed by atoms with van der Waals surface area (Å²) >= 11 is 1.99. The van der Waals surface area contributed by atoms with Gasteiger partial charge in [0.2, 0.25) is 0 Å². The molecule has 0 atom stereocenters. The van der Waals surface area contributed by atoms with E-state index in [2.05, 4.69) is 11.6 Å². The molecule has 1 aliphatic rings. The van der Waals surface area contributed by atoms with E-state index in [9.17, 15) is 0 Å². The van der Waals surface area contributed by atoms with Gasteiger partial charge in [0.1, 0.15) is 11.5 Å². The highest BCUT2D eigenvalue weighted by atomic mass is 32.2. The van der Waals surface area contributed by atoms with Gasteiger partial charge in [0, 0.05) is 11.3 Å². The van der Waals surface area contributed by atoms with E-state index in [0.717, 1.165) is 24.6 Å². The Labute approximate surface area is 89.4 Å². The molecule has 78 valence electrons. The van der Waals surface area contributed by atoms with Crippen LogP contribution in [0, 0.1) is 6.92 Å². The van der Waals surface area contributed by atoms with Gasteiger partial charge in [-0.2, -0.15) is 11.8 Å². The Kier molecular flexibility index (Phi) is 2.88. The fourth-order valence-corrected chi connectivity index (χ4v) is 2.34. The molecule has 14 heavy (non-hydrogen) atoms. The summed E-state index contributed by atoms with van der Waals surface area (Å²) in [4.78, 5) is 0. The Bertz CT molecular complexity index is 304. The van der Waals surface area contributed by atoms with E-state index in [-0.39, 0.29) is 0 Å². The van der Waals surface area contributed by atoms with Gasteiger partial charge in [0.25, 0.3) is 0 Å². The molecule has 1 saturated carbocycles. The predicted octanol–water partition coefficient (Wildman–Crippen LogP) is 2.57. The van der Waals surface area contributed by atoms with Crippen molar-refractivity contribution in [3.63, 3.8) is 0 Å². The van der Waals surface area contributed by atoms with Crippen LogP contribution in [0.5, 0.6) is 0 Å². The first-order valence-electron chi connectivity index (χ1n) is 5.05. The summed E-state index contributed by atoms with van der Waals surface area (Å²) in [5.41, 5.74) is 0. The lowest BCUT2D eigenvalue weighted by Gasteiger charge is -2.11. The van der Waals surface area contributed by atoms with E-state index < -0.39 is 0 Å². The number of furan rings is 1. The average molecular weight is 211 g/mol. The standard InChI is InChI=1S/C11H17NOS/c1-9-3-4-10(13-9)7-12-8-11(14-2)5-6-11/h3-4,12H,5-8H2,1-2H3. The maximum atomic E-state index is 5.48. The quantitative estimate of drug-likeness (QED) is 0.810. The molecule has 1 aromatic rings.